The van der Waals surface area contributed by atoms with Gasteiger partial charge in [-0.05, 0) is 0 Å². The first kappa shape index (κ1) is 10.8. The molecule has 0 aliphatic carbocycles. The van der Waals surface area contributed by atoms with Crippen molar-refractivity contribution in [2.45, 2.75) is 0 Å². The molecule has 0 heterocycles. The van der Waals surface area contributed by atoms with Gasteiger partial charge in [0.2, 0.25) is 0 Å². The molecule has 0 aromatic heterocycles. The first-order valence-electron chi connectivity index (χ1n) is 0.894. The molecule has 0 atom stereocenters. The molecule has 0 saturated carbocycles. The summed E-state index contributed by atoms with van der Waals surface area (Å²) in [5.41, 5.74) is 0. The van der Waals surface area contributed by atoms with Crippen LogP contribution in [0.4, 0.5) is 0 Å². The van der Waals surface area contributed by atoms with Gasteiger partial charge in [-0.25, -0.2) is 0 Å². The fourth-order valence-corrected chi connectivity index (χ4v) is 0. The Morgan fingerprint density at radius 1 is 0.833 bits per heavy atom. The van der Waals surface area contributed by atoms with Gasteiger partial charge in [-0.2, -0.15) is 0 Å². The maximum Gasteiger partial charge on any atom is 0.668 e. The van der Waals surface area contributed by atoms with Gasteiger partial charge < -0.3 is 19.2 Å². The summed E-state index contributed by atoms with van der Waals surface area (Å²) in [6.07, 6.45) is 0. The Labute approximate surface area is 84.7 Å². The number of hydrogen-bond donors (Lipinski definition) is 4. The maximum atomic E-state index is 7.33. The molecule has 0 fully saturated rings. The van der Waals surface area contributed by atoms with Gasteiger partial charge in [-0.3, -0.25) is 0 Å². The fourth-order valence-electron chi connectivity index (χ4n) is 0. The van der Waals surface area contributed by atoms with Crippen LogP contribution in [0.15, 0.2) is 0 Å². The Hall–Kier alpha value is 1.86. The van der Waals surface area contributed by atoms with Gasteiger partial charge in [-0.15, -0.1) is 0 Å². The van der Waals surface area contributed by atoms with Gasteiger partial charge >= 0.3 is 9.05 Å². The summed E-state index contributed by atoms with van der Waals surface area (Å²) in [7, 11) is -4.61. The second-order valence-electron chi connectivity index (χ2n) is 0.600. The third-order valence-electron chi connectivity index (χ3n) is 0. The third-order valence-corrected chi connectivity index (χ3v) is 0. The summed E-state index contributed by atoms with van der Waals surface area (Å²) in [5, 5.41) is 0. The number of rotatable bonds is 0. The molecule has 0 amide bonds. The third kappa shape index (κ3) is 40.0. The normalized spacial score (nSPS) is 10.0. The van der Waals surface area contributed by atoms with E-state index in [1.165, 1.54) is 0 Å². The summed E-state index contributed by atoms with van der Waals surface area (Å²) in [5.74, 6) is 0. The number of hydrogen-bond acceptors (Lipinski definition) is 4. The molecule has 4 nitrogen and oxygen atoms in total. The molecule has 0 spiro atoms. The Morgan fingerprint density at radius 2 is 0.833 bits per heavy atom. The first-order chi connectivity index (χ1) is 2.00. The minimum atomic E-state index is -4.61. The van der Waals surface area contributed by atoms with Crippen LogP contribution in [0.1, 0.15) is 0 Å². The minimum absolute atomic E-state index is 0. The molecule has 4 N–H and O–H groups in total. The largest absolute Gasteiger partial charge is 0.668 e. The van der Waals surface area contributed by atoms with Crippen molar-refractivity contribution < 1.29 is 19.2 Å². The van der Waals surface area contributed by atoms with Crippen LogP contribution in [-0.4, -0.2) is 86.4 Å². The zero-order valence-electron chi connectivity index (χ0n) is 3.29. The van der Waals surface area contributed by atoms with Crippen molar-refractivity contribution in [3.63, 3.8) is 0 Å². The van der Waals surface area contributed by atoms with Crippen molar-refractivity contribution in [1.29, 1.82) is 0 Å². The van der Waals surface area contributed by atoms with Crippen LogP contribution >= 0.6 is 0 Å². The van der Waals surface area contributed by atoms with Crippen LogP contribution in [0, 0.1) is 0 Å². The molecule has 0 aromatic rings. The molecule has 0 saturated heterocycles. The quantitative estimate of drug-likeness (QED) is 0.301. The molecule has 0 bridgehead atoms. The Balaban J connectivity index is 0. The van der Waals surface area contributed by atoms with Crippen LogP contribution in [-0.2, 0) is 0 Å². The smallest absolute Gasteiger partial charge is 0.368 e. The molecule has 0 aliphatic rings. The second-order valence-corrected chi connectivity index (χ2v) is 1.80. The van der Waals surface area contributed by atoms with Crippen LogP contribution in [0.5, 0.6) is 0 Å². The topological polar surface area (TPSA) is 80.9 Å². The van der Waals surface area contributed by atoms with Gasteiger partial charge in [0, 0.05) is 58.2 Å². The summed E-state index contributed by atoms with van der Waals surface area (Å²) >= 11 is 0. The SMILES string of the molecule is O[Si](O)(O)O.[Rb]. The van der Waals surface area contributed by atoms with Crippen LogP contribution < -0.4 is 0 Å². The molecule has 0 rings (SSSR count). The van der Waals surface area contributed by atoms with Crippen LogP contribution in [0.2, 0.25) is 0 Å². The van der Waals surface area contributed by atoms with Crippen molar-refractivity contribution in [3.8, 4) is 0 Å². The van der Waals surface area contributed by atoms with Crippen LogP contribution in [0.25, 0.3) is 0 Å². The van der Waals surface area contributed by atoms with Crippen molar-refractivity contribution in [2.24, 2.45) is 0 Å². The summed E-state index contributed by atoms with van der Waals surface area (Å²) < 4.78 is 0. The molecule has 6 heteroatoms. The van der Waals surface area contributed by atoms with E-state index in [2.05, 4.69) is 0 Å². The fraction of sp³-hybridized carbons (Fsp3) is 0. The van der Waals surface area contributed by atoms with E-state index >= 15 is 0 Å². The molecule has 1 radical (unpaired) electrons. The Bertz CT molecular complexity index is 23.0. The maximum absolute atomic E-state index is 7.33. The molecule has 6 heavy (non-hydrogen) atoms. The summed E-state index contributed by atoms with van der Waals surface area (Å²) in [4.78, 5) is 29.3. The van der Waals surface area contributed by atoms with E-state index in [0.29, 0.717) is 0 Å². The zero-order valence-corrected chi connectivity index (χ0v) is 9.20. The van der Waals surface area contributed by atoms with Gasteiger partial charge in [0.25, 0.3) is 0 Å². The van der Waals surface area contributed by atoms with Gasteiger partial charge in [0.05, 0.1) is 0 Å². The summed E-state index contributed by atoms with van der Waals surface area (Å²) in [6, 6.07) is 0. The molecular weight excluding hydrogens is 178 g/mol. The van der Waals surface area contributed by atoms with E-state index in [0.717, 1.165) is 0 Å². The molecular formula is H4O4RbSi. The molecule has 0 unspecified atom stereocenters. The van der Waals surface area contributed by atoms with E-state index in [1.807, 2.05) is 0 Å². The van der Waals surface area contributed by atoms with Gasteiger partial charge in [0.15, 0.2) is 0 Å². The van der Waals surface area contributed by atoms with E-state index in [1.54, 1.807) is 0 Å². The Morgan fingerprint density at radius 3 is 0.833 bits per heavy atom. The van der Waals surface area contributed by atoms with Crippen molar-refractivity contribution in [3.05, 3.63) is 0 Å². The molecule has 0 aromatic carbocycles. The van der Waals surface area contributed by atoms with Crippen molar-refractivity contribution in [1.82, 2.24) is 0 Å². The van der Waals surface area contributed by atoms with E-state index < -0.39 is 9.05 Å². The second kappa shape index (κ2) is 3.81. The molecule has 33 valence electrons. The first-order valence-corrected chi connectivity index (χ1v) is 2.68. The predicted molar refractivity (Wildman–Crippen MR) is 20.4 cm³/mol. The molecule has 0 aliphatic heterocycles. The zero-order chi connectivity index (χ0) is 4.50. The average molecular weight is 182 g/mol. The minimum Gasteiger partial charge on any atom is -0.368 e. The average Bonchev–Trinajstić information content (AvgIpc) is 0.722. The van der Waals surface area contributed by atoms with Crippen molar-refractivity contribution in [2.75, 3.05) is 0 Å². The monoisotopic (exact) mass is 181 g/mol. The Kier molecular flexibility index (Phi) is 6.85. The van der Waals surface area contributed by atoms with E-state index in [9.17, 15) is 0 Å². The van der Waals surface area contributed by atoms with Gasteiger partial charge in [-0.1, -0.05) is 0 Å². The van der Waals surface area contributed by atoms with Gasteiger partial charge in [0.1, 0.15) is 0 Å². The predicted octanol–water partition coefficient (Wildman–Crippen LogP) is -2.99. The standard InChI is InChI=1S/H4O4Si.Rb/c1-5(2,3)4;/h1-4H;. The van der Waals surface area contributed by atoms with E-state index in [4.69, 9.17) is 19.2 Å². The van der Waals surface area contributed by atoms with Crippen LogP contribution in [0.3, 0.4) is 0 Å². The summed E-state index contributed by atoms with van der Waals surface area (Å²) in [6.45, 7) is 0. The van der Waals surface area contributed by atoms with E-state index in [-0.39, 0.29) is 58.2 Å². The van der Waals surface area contributed by atoms with Crippen molar-refractivity contribution >= 4 is 67.2 Å².